The van der Waals surface area contributed by atoms with Crippen LogP contribution in [0.5, 0.6) is 0 Å². The molecule has 1 aromatic carbocycles. The number of hydrogen-bond donors (Lipinski definition) is 1. The summed E-state index contributed by atoms with van der Waals surface area (Å²) in [5.41, 5.74) is 4.51. The molecule has 2 heterocycles. The zero-order valence-electron chi connectivity index (χ0n) is 12.7. The van der Waals surface area contributed by atoms with Crippen molar-refractivity contribution in [1.29, 1.82) is 0 Å². The highest BCUT2D eigenvalue weighted by molar-refractivity contribution is 5.99. The van der Waals surface area contributed by atoms with Gasteiger partial charge in [0, 0.05) is 30.6 Å². The van der Waals surface area contributed by atoms with Crippen molar-refractivity contribution >= 4 is 11.6 Å². The lowest BCUT2D eigenvalue weighted by atomic mass is 10.0. The first-order chi connectivity index (χ1) is 11.2. The molecule has 0 bridgehead atoms. The summed E-state index contributed by atoms with van der Waals surface area (Å²) in [6.07, 6.45) is 6.51. The Kier molecular flexibility index (Phi) is 4.01. The zero-order valence-corrected chi connectivity index (χ0v) is 12.7. The number of carbonyl (C=O) groups excluding carboxylic acids is 1. The van der Waals surface area contributed by atoms with Gasteiger partial charge in [0.05, 0.1) is 17.6 Å². The van der Waals surface area contributed by atoms with E-state index in [1.807, 2.05) is 43.6 Å². The van der Waals surface area contributed by atoms with E-state index in [4.69, 9.17) is 0 Å². The van der Waals surface area contributed by atoms with E-state index in [0.29, 0.717) is 5.69 Å². The lowest BCUT2D eigenvalue weighted by molar-refractivity contribution is -0.111. The monoisotopic (exact) mass is 304 g/mol. The molecule has 0 aliphatic carbocycles. The molecule has 0 aliphatic heterocycles. The normalized spacial score (nSPS) is 10.3. The number of aryl methyl sites for hydroxylation is 1. The van der Waals surface area contributed by atoms with Gasteiger partial charge in [0.2, 0.25) is 5.91 Å². The molecule has 0 saturated heterocycles. The second-order valence-electron chi connectivity index (χ2n) is 5.11. The van der Waals surface area contributed by atoms with Crippen molar-refractivity contribution in [3.05, 3.63) is 67.6 Å². The topological polar surface area (TPSA) is 59.8 Å². The summed E-state index contributed by atoms with van der Waals surface area (Å²) in [5.74, 6) is -0.258. The molecule has 3 aromatic rings. The summed E-state index contributed by atoms with van der Waals surface area (Å²) in [4.78, 5) is 15.6. The number of nitrogens with zero attached hydrogens (tertiary/aromatic N) is 3. The van der Waals surface area contributed by atoms with Gasteiger partial charge in [-0.15, -0.1) is 0 Å². The van der Waals surface area contributed by atoms with Gasteiger partial charge < -0.3 is 5.32 Å². The number of carbonyl (C=O) groups is 1. The molecular formula is C18H16N4O. The van der Waals surface area contributed by atoms with Crippen LogP contribution in [0.4, 0.5) is 5.69 Å². The van der Waals surface area contributed by atoms with Gasteiger partial charge in [0.15, 0.2) is 0 Å². The summed E-state index contributed by atoms with van der Waals surface area (Å²) in [6.45, 7) is 3.44. The van der Waals surface area contributed by atoms with Crippen LogP contribution >= 0.6 is 0 Å². The van der Waals surface area contributed by atoms with Crippen molar-refractivity contribution in [2.75, 3.05) is 5.32 Å². The van der Waals surface area contributed by atoms with E-state index in [9.17, 15) is 4.79 Å². The Hall–Kier alpha value is -3.21. The van der Waals surface area contributed by atoms with Crippen LogP contribution in [0.2, 0.25) is 0 Å². The van der Waals surface area contributed by atoms with Crippen LogP contribution in [0.1, 0.15) is 0 Å². The Labute approximate surface area is 134 Å². The Morgan fingerprint density at radius 3 is 2.74 bits per heavy atom. The molecule has 0 atom stereocenters. The van der Waals surface area contributed by atoms with Crippen LogP contribution in [0, 0.1) is 0 Å². The van der Waals surface area contributed by atoms with Crippen molar-refractivity contribution < 1.29 is 4.79 Å². The van der Waals surface area contributed by atoms with Gasteiger partial charge in [-0.2, -0.15) is 5.10 Å². The number of benzene rings is 1. The molecule has 5 nitrogen and oxygen atoms in total. The van der Waals surface area contributed by atoms with Crippen molar-refractivity contribution in [2.24, 2.45) is 7.05 Å². The van der Waals surface area contributed by atoms with Crippen LogP contribution < -0.4 is 5.32 Å². The van der Waals surface area contributed by atoms with E-state index in [2.05, 4.69) is 28.0 Å². The molecule has 3 rings (SSSR count). The molecule has 0 fully saturated rings. The van der Waals surface area contributed by atoms with Crippen LogP contribution in [-0.4, -0.2) is 20.7 Å². The smallest absolute Gasteiger partial charge is 0.247 e. The first-order valence-electron chi connectivity index (χ1n) is 7.14. The third-order valence-corrected chi connectivity index (χ3v) is 3.40. The Bertz CT molecular complexity index is 867. The van der Waals surface area contributed by atoms with E-state index < -0.39 is 0 Å². The van der Waals surface area contributed by atoms with Gasteiger partial charge in [-0.25, -0.2) is 0 Å². The van der Waals surface area contributed by atoms with Crippen LogP contribution in [-0.2, 0) is 11.8 Å². The number of anilines is 1. The molecule has 0 saturated carbocycles. The largest absolute Gasteiger partial charge is 0.321 e. The summed E-state index contributed by atoms with van der Waals surface area (Å²) in [6, 6.07) is 11.9. The van der Waals surface area contributed by atoms with Crippen molar-refractivity contribution in [3.8, 4) is 22.4 Å². The van der Waals surface area contributed by atoms with Crippen molar-refractivity contribution in [2.45, 2.75) is 0 Å². The Morgan fingerprint density at radius 2 is 2.00 bits per heavy atom. The number of pyridine rings is 1. The highest BCUT2D eigenvalue weighted by Crippen LogP contribution is 2.26. The predicted octanol–water partition coefficient (Wildman–Crippen LogP) is 3.27. The Balaban J connectivity index is 1.94. The fourth-order valence-corrected chi connectivity index (χ4v) is 2.29. The number of rotatable bonds is 4. The molecule has 0 unspecified atom stereocenters. The predicted molar refractivity (Wildman–Crippen MR) is 90.7 cm³/mol. The average molecular weight is 304 g/mol. The number of amides is 1. The summed E-state index contributed by atoms with van der Waals surface area (Å²) >= 11 is 0. The summed E-state index contributed by atoms with van der Waals surface area (Å²) in [5, 5.41) is 7.13. The summed E-state index contributed by atoms with van der Waals surface area (Å²) in [7, 11) is 1.89. The fourth-order valence-electron chi connectivity index (χ4n) is 2.29. The van der Waals surface area contributed by atoms with Crippen LogP contribution in [0.15, 0.2) is 67.6 Å². The van der Waals surface area contributed by atoms with Gasteiger partial charge in [0.1, 0.15) is 0 Å². The van der Waals surface area contributed by atoms with E-state index in [1.165, 1.54) is 6.08 Å². The van der Waals surface area contributed by atoms with Gasteiger partial charge in [-0.1, -0.05) is 24.8 Å². The van der Waals surface area contributed by atoms with Crippen molar-refractivity contribution in [3.63, 3.8) is 0 Å². The lowest BCUT2D eigenvalue weighted by Crippen LogP contribution is -2.07. The first kappa shape index (κ1) is 14.7. The average Bonchev–Trinajstić information content (AvgIpc) is 3.02. The maximum absolute atomic E-state index is 11.4. The minimum atomic E-state index is -0.258. The maximum Gasteiger partial charge on any atom is 0.247 e. The van der Waals surface area contributed by atoms with Crippen LogP contribution in [0.3, 0.4) is 0 Å². The highest BCUT2D eigenvalue weighted by atomic mass is 16.1. The van der Waals surface area contributed by atoms with Gasteiger partial charge in [-0.05, 0) is 29.8 Å². The van der Waals surface area contributed by atoms with Crippen molar-refractivity contribution in [1.82, 2.24) is 14.8 Å². The second-order valence-corrected chi connectivity index (χ2v) is 5.11. The molecule has 0 radical (unpaired) electrons. The standard InChI is InChI=1S/C18H16N4O/c1-3-18(23)20-16-10-15(11-19-12-16)13-5-4-6-14(9-13)17-7-8-22(2)21-17/h3-12H,1H2,2H3,(H,20,23). The molecule has 5 heteroatoms. The SMILES string of the molecule is C=CC(=O)Nc1cncc(-c2cccc(-c3ccn(C)n3)c2)c1. The third kappa shape index (κ3) is 3.35. The van der Waals surface area contributed by atoms with E-state index in [-0.39, 0.29) is 5.91 Å². The quantitative estimate of drug-likeness (QED) is 0.753. The number of hydrogen-bond acceptors (Lipinski definition) is 3. The highest BCUT2D eigenvalue weighted by Gasteiger charge is 2.06. The van der Waals surface area contributed by atoms with E-state index >= 15 is 0 Å². The number of aromatic nitrogens is 3. The van der Waals surface area contributed by atoms with Gasteiger partial charge in [-0.3, -0.25) is 14.5 Å². The van der Waals surface area contributed by atoms with Gasteiger partial charge >= 0.3 is 0 Å². The van der Waals surface area contributed by atoms with E-state index in [1.54, 1.807) is 17.1 Å². The maximum atomic E-state index is 11.4. The molecule has 1 amide bonds. The minimum Gasteiger partial charge on any atom is -0.321 e. The molecule has 1 N–H and O–H groups in total. The third-order valence-electron chi connectivity index (χ3n) is 3.40. The lowest BCUT2D eigenvalue weighted by Gasteiger charge is -2.07. The number of nitrogens with one attached hydrogen (secondary N) is 1. The molecular weight excluding hydrogens is 288 g/mol. The Morgan fingerprint density at radius 1 is 1.17 bits per heavy atom. The zero-order chi connectivity index (χ0) is 16.2. The molecule has 114 valence electrons. The fraction of sp³-hybridized carbons (Fsp3) is 0.0556. The molecule has 0 aliphatic rings. The van der Waals surface area contributed by atoms with Crippen LogP contribution in [0.25, 0.3) is 22.4 Å². The molecule has 0 spiro atoms. The second kappa shape index (κ2) is 6.27. The molecule has 2 aromatic heterocycles. The minimum absolute atomic E-state index is 0.258. The van der Waals surface area contributed by atoms with Gasteiger partial charge in [0.25, 0.3) is 0 Å². The first-order valence-corrected chi connectivity index (χ1v) is 7.14. The van der Waals surface area contributed by atoms with E-state index in [0.717, 1.165) is 22.4 Å². The summed E-state index contributed by atoms with van der Waals surface area (Å²) < 4.78 is 1.77. The molecule has 23 heavy (non-hydrogen) atoms.